The number of carbonyl (C=O) groups excluding carboxylic acids is 1. The van der Waals surface area contributed by atoms with Crippen LogP contribution in [-0.4, -0.2) is 36.5 Å². The van der Waals surface area contributed by atoms with Crippen LogP contribution in [0.25, 0.3) is 0 Å². The number of phenolic OH excluding ortho intramolecular Hbond substituents is 1. The third kappa shape index (κ3) is 3.71. The predicted molar refractivity (Wildman–Crippen MR) is 69.6 cm³/mol. The van der Waals surface area contributed by atoms with Gasteiger partial charge in [-0.05, 0) is 11.6 Å². The first-order chi connectivity index (χ1) is 9.20. The topological polar surface area (TPSA) is 146 Å². The number of phenols is 1. The van der Waals surface area contributed by atoms with E-state index in [1.54, 1.807) is 0 Å². The van der Waals surface area contributed by atoms with Crippen molar-refractivity contribution in [1.29, 1.82) is 0 Å². The maximum absolute atomic E-state index is 11.2. The molecule has 1 aliphatic heterocycles. The summed E-state index contributed by atoms with van der Waals surface area (Å²) in [6, 6.07) is 1.66. The maximum atomic E-state index is 11.2. The van der Waals surface area contributed by atoms with Gasteiger partial charge in [0.1, 0.15) is 11.4 Å². The fraction of sp³-hybridized carbons (Fsp3) is 0.300. The molecule has 0 aromatic heterocycles. The molecular formula is C10H12N4NaO5S+. The first-order valence-corrected chi connectivity index (χ1v) is 6.96. The molecule has 0 bridgehead atoms. The van der Waals surface area contributed by atoms with Gasteiger partial charge in [0.05, 0.1) is 0 Å². The standard InChI is InChI=1S/C10H12N4O5S.Na/c1-14-7-4-8(15)6(12-13-10(11)16)2-5(7)3-9(14)20(17,18)19;/h2,4,9,15H,3H2,1H3,(H2,11,16)(H,17,18,19);/q;+1. The second-order valence-corrected chi connectivity index (χ2v) is 5.87. The molecule has 1 atom stereocenters. The van der Waals surface area contributed by atoms with Gasteiger partial charge < -0.3 is 15.7 Å². The minimum Gasteiger partial charge on any atom is -0.506 e. The van der Waals surface area contributed by atoms with Crippen LogP contribution < -0.4 is 40.2 Å². The molecule has 1 aliphatic rings. The number of fused-ring (bicyclic) bond motifs is 1. The Morgan fingerprint density at radius 2 is 2.10 bits per heavy atom. The normalized spacial score (nSPS) is 17.6. The van der Waals surface area contributed by atoms with E-state index >= 15 is 0 Å². The number of benzene rings is 1. The van der Waals surface area contributed by atoms with Crippen molar-refractivity contribution in [2.24, 2.45) is 16.0 Å². The van der Waals surface area contributed by atoms with Crippen LogP contribution in [0.1, 0.15) is 5.56 Å². The molecule has 1 aromatic carbocycles. The van der Waals surface area contributed by atoms with Gasteiger partial charge in [-0.3, -0.25) is 4.55 Å². The van der Waals surface area contributed by atoms with Crippen LogP contribution >= 0.6 is 0 Å². The maximum Gasteiger partial charge on any atom is 1.00 e. The van der Waals surface area contributed by atoms with Crippen molar-refractivity contribution in [2.45, 2.75) is 11.8 Å². The Kier molecular flexibility index (Phi) is 5.34. The molecule has 4 N–H and O–H groups in total. The van der Waals surface area contributed by atoms with Gasteiger partial charge >= 0.3 is 35.6 Å². The zero-order valence-electron chi connectivity index (χ0n) is 11.4. The molecule has 0 saturated heterocycles. The Morgan fingerprint density at radius 1 is 1.48 bits per heavy atom. The first kappa shape index (κ1) is 17.9. The van der Waals surface area contributed by atoms with E-state index < -0.39 is 21.5 Å². The van der Waals surface area contributed by atoms with E-state index in [1.807, 2.05) is 0 Å². The monoisotopic (exact) mass is 323 g/mol. The van der Waals surface area contributed by atoms with Crippen molar-refractivity contribution in [2.75, 3.05) is 11.9 Å². The SMILES string of the molecule is CN1c2cc(O)c(N=NC(N)=O)cc2CC1S(=O)(=O)O.[Na+]. The van der Waals surface area contributed by atoms with E-state index in [2.05, 4.69) is 10.2 Å². The van der Waals surface area contributed by atoms with Crippen LogP contribution in [0.3, 0.4) is 0 Å². The Labute approximate surface area is 142 Å². The van der Waals surface area contributed by atoms with Gasteiger partial charge in [-0.2, -0.15) is 8.42 Å². The summed E-state index contributed by atoms with van der Waals surface area (Å²) in [6.45, 7) is 0. The summed E-state index contributed by atoms with van der Waals surface area (Å²) in [6.07, 6.45) is 0.0318. The molecule has 1 heterocycles. The van der Waals surface area contributed by atoms with E-state index in [-0.39, 0.29) is 47.4 Å². The zero-order chi connectivity index (χ0) is 15.1. The molecule has 0 fully saturated rings. The average Bonchev–Trinajstić information content (AvgIpc) is 2.63. The summed E-state index contributed by atoms with van der Waals surface area (Å²) in [4.78, 5) is 11.8. The fourth-order valence-electron chi connectivity index (χ4n) is 2.07. The van der Waals surface area contributed by atoms with Gasteiger partial charge in [0.15, 0.2) is 5.37 Å². The van der Waals surface area contributed by atoms with E-state index in [0.717, 1.165) is 0 Å². The van der Waals surface area contributed by atoms with E-state index in [9.17, 15) is 18.3 Å². The van der Waals surface area contributed by atoms with Crippen molar-refractivity contribution >= 4 is 27.5 Å². The van der Waals surface area contributed by atoms with Gasteiger partial charge in [0.25, 0.3) is 10.1 Å². The van der Waals surface area contributed by atoms with Gasteiger partial charge in [-0.25, -0.2) is 4.79 Å². The number of amides is 2. The van der Waals surface area contributed by atoms with Crippen molar-refractivity contribution < 1.29 is 52.4 Å². The molecule has 0 radical (unpaired) electrons. The molecule has 21 heavy (non-hydrogen) atoms. The van der Waals surface area contributed by atoms with E-state index in [4.69, 9.17) is 10.3 Å². The van der Waals surface area contributed by atoms with Crippen LogP contribution in [0.15, 0.2) is 22.4 Å². The second-order valence-electron chi connectivity index (χ2n) is 4.29. The van der Waals surface area contributed by atoms with Gasteiger partial charge in [0, 0.05) is 25.2 Å². The Bertz CT molecular complexity index is 706. The predicted octanol–water partition coefficient (Wildman–Crippen LogP) is -2.24. The zero-order valence-corrected chi connectivity index (χ0v) is 14.2. The van der Waals surface area contributed by atoms with Crippen molar-refractivity contribution in [3.8, 4) is 5.75 Å². The molecule has 0 spiro atoms. The van der Waals surface area contributed by atoms with Gasteiger partial charge in [0.2, 0.25) is 0 Å². The number of likely N-dealkylation sites (N-methyl/N-ethyl adjacent to an activating group) is 1. The van der Waals surface area contributed by atoms with Crippen molar-refractivity contribution in [3.05, 3.63) is 17.7 Å². The van der Waals surface area contributed by atoms with Crippen LogP contribution in [0.5, 0.6) is 5.75 Å². The number of urea groups is 1. The van der Waals surface area contributed by atoms with Crippen molar-refractivity contribution in [1.82, 2.24) is 0 Å². The Balaban J connectivity index is 0.00000220. The second kappa shape index (κ2) is 6.28. The van der Waals surface area contributed by atoms with E-state index in [1.165, 1.54) is 24.1 Å². The molecule has 1 aromatic rings. The minimum absolute atomic E-state index is 0. The summed E-state index contributed by atoms with van der Waals surface area (Å²) >= 11 is 0. The number of anilines is 1. The number of nitrogens with zero attached hydrogens (tertiary/aromatic N) is 3. The minimum atomic E-state index is -4.25. The quantitative estimate of drug-likeness (QED) is 0.319. The number of hydrogen-bond donors (Lipinski definition) is 3. The number of hydrogen-bond acceptors (Lipinski definition) is 6. The molecule has 9 nitrogen and oxygen atoms in total. The molecule has 0 aliphatic carbocycles. The molecule has 2 rings (SSSR count). The smallest absolute Gasteiger partial charge is 0.506 e. The van der Waals surface area contributed by atoms with Crippen LogP contribution in [0.2, 0.25) is 0 Å². The Morgan fingerprint density at radius 3 is 2.62 bits per heavy atom. The van der Waals surface area contributed by atoms with Crippen LogP contribution in [-0.2, 0) is 16.5 Å². The first-order valence-electron chi connectivity index (χ1n) is 5.46. The molecular weight excluding hydrogens is 311 g/mol. The molecule has 108 valence electrons. The summed E-state index contributed by atoms with van der Waals surface area (Å²) in [5.74, 6) is -0.281. The third-order valence-electron chi connectivity index (χ3n) is 2.98. The molecule has 2 amide bonds. The molecule has 11 heteroatoms. The van der Waals surface area contributed by atoms with Crippen LogP contribution in [0, 0.1) is 0 Å². The average molecular weight is 323 g/mol. The van der Waals surface area contributed by atoms with Crippen LogP contribution in [0.4, 0.5) is 16.2 Å². The van der Waals surface area contributed by atoms with Crippen molar-refractivity contribution in [3.63, 3.8) is 0 Å². The number of carbonyl (C=O) groups is 1. The number of primary amides is 1. The summed E-state index contributed by atoms with van der Waals surface area (Å²) in [5, 5.41) is 15.2. The Hall–Kier alpha value is -1.20. The molecule has 1 unspecified atom stereocenters. The summed E-state index contributed by atoms with van der Waals surface area (Å²) < 4.78 is 31.6. The molecule has 0 saturated carbocycles. The summed E-state index contributed by atoms with van der Waals surface area (Å²) in [5.41, 5.74) is 5.79. The number of rotatable bonds is 2. The number of nitrogens with two attached hydrogens (primary N) is 1. The largest absolute Gasteiger partial charge is 1.00 e. The number of aromatic hydroxyl groups is 1. The third-order valence-corrected chi connectivity index (χ3v) is 4.15. The number of azo groups is 1. The van der Waals surface area contributed by atoms with E-state index in [0.29, 0.717) is 11.3 Å². The van der Waals surface area contributed by atoms with Gasteiger partial charge in [-0.15, -0.1) is 5.11 Å². The van der Waals surface area contributed by atoms with Gasteiger partial charge in [-0.1, -0.05) is 5.11 Å². The fourth-order valence-corrected chi connectivity index (χ4v) is 2.97. The summed E-state index contributed by atoms with van der Waals surface area (Å²) in [7, 11) is -2.77.